The van der Waals surface area contributed by atoms with Crippen LogP contribution in [0, 0.1) is 6.92 Å². The van der Waals surface area contributed by atoms with Crippen molar-refractivity contribution in [3.05, 3.63) is 35.2 Å². The second kappa shape index (κ2) is 4.13. The van der Waals surface area contributed by atoms with Crippen LogP contribution in [0.25, 0.3) is 0 Å². The molecule has 0 aliphatic carbocycles. The Morgan fingerprint density at radius 2 is 2.21 bits per heavy atom. The largest absolute Gasteiger partial charge is 0.478 e. The summed E-state index contributed by atoms with van der Waals surface area (Å²) in [5, 5.41) is 8.83. The number of hydrogen-bond donors (Lipinski definition) is 1. The van der Waals surface area contributed by atoms with Crippen molar-refractivity contribution in [2.75, 3.05) is 0 Å². The summed E-state index contributed by atoms with van der Waals surface area (Å²) in [5.74, 6) is -0.863. The maximum absolute atomic E-state index is 10.7. The van der Waals surface area contributed by atoms with Crippen molar-refractivity contribution in [3.8, 4) is 0 Å². The molecule has 1 aromatic rings. The van der Waals surface area contributed by atoms with Crippen molar-refractivity contribution in [1.82, 2.24) is 4.57 Å². The summed E-state index contributed by atoms with van der Waals surface area (Å²) in [6.45, 7) is 6.61. The van der Waals surface area contributed by atoms with Crippen molar-refractivity contribution in [1.29, 1.82) is 0 Å². The van der Waals surface area contributed by atoms with E-state index in [2.05, 4.69) is 6.08 Å². The zero-order chi connectivity index (χ0) is 10.7. The highest BCUT2D eigenvalue weighted by Crippen LogP contribution is 2.10. The molecule has 0 aliphatic rings. The lowest BCUT2D eigenvalue weighted by atomic mass is 10.2. The van der Waals surface area contributed by atoms with Gasteiger partial charge in [0.2, 0.25) is 0 Å². The molecule has 0 atom stereocenters. The Morgan fingerprint density at radius 3 is 2.64 bits per heavy atom. The summed E-state index contributed by atoms with van der Waals surface area (Å²) in [7, 11) is 0. The summed E-state index contributed by atoms with van der Waals surface area (Å²) >= 11 is 0. The third-order valence-electron chi connectivity index (χ3n) is 2.17. The highest BCUT2D eigenvalue weighted by Gasteiger charge is 2.09. The number of carbonyl (C=O) groups is 1. The maximum atomic E-state index is 10.7. The number of aromatic nitrogens is 1. The van der Waals surface area contributed by atoms with E-state index in [4.69, 9.17) is 5.11 Å². The fourth-order valence-corrected chi connectivity index (χ4v) is 1.26. The predicted octanol–water partition coefficient (Wildman–Crippen LogP) is 2.46. The molecular formula is C11H15NO2. The Morgan fingerprint density at radius 1 is 1.57 bits per heavy atom. The Labute approximate surface area is 83.7 Å². The second-order valence-electron chi connectivity index (χ2n) is 3.55. The molecule has 0 spiro atoms. The number of hydrogen-bond acceptors (Lipinski definition) is 1. The van der Waals surface area contributed by atoms with Crippen LogP contribution in [-0.2, 0) is 6.54 Å². The van der Waals surface area contributed by atoms with Gasteiger partial charge >= 0.3 is 5.97 Å². The van der Waals surface area contributed by atoms with E-state index in [0.717, 1.165) is 12.2 Å². The van der Waals surface area contributed by atoms with E-state index in [0.29, 0.717) is 5.56 Å². The number of carboxylic acid groups (broad SMARTS) is 1. The van der Waals surface area contributed by atoms with Crippen molar-refractivity contribution >= 4 is 5.97 Å². The third kappa shape index (κ3) is 2.25. The van der Waals surface area contributed by atoms with Crippen molar-refractivity contribution in [3.63, 3.8) is 0 Å². The molecule has 0 radical (unpaired) electrons. The molecule has 1 heterocycles. The first kappa shape index (κ1) is 10.6. The molecule has 1 aromatic heterocycles. The van der Waals surface area contributed by atoms with Crippen molar-refractivity contribution in [2.45, 2.75) is 27.3 Å². The highest BCUT2D eigenvalue weighted by molar-refractivity contribution is 5.88. The van der Waals surface area contributed by atoms with Crippen molar-refractivity contribution < 1.29 is 9.90 Å². The van der Waals surface area contributed by atoms with Gasteiger partial charge in [0.05, 0.1) is 5.56 Å². The van der Waals surface area contributed by atoms with Crippen LogP contribution in [0.2, 0.25) is 0 Å². The van der Waals surface area contributed by atoms with Gasteiger partial charge in [-0.15, -0.1) is 0 Å². The molecule has 0 amide bonds. The maximum Gasteiger partial charge on any atom is 0.337 e. The normalized spacial score (nSPS) is 9.93. The molecule has 0 unspecified atom stereocenters. The number of carboxylic acids is 1. The lowest BCUT2D eigenvalue weighted by Crippen LogP contribution is -2.01. The summed E-state index contributed by atoms with van der Waals surface area (Å²) in [6.07, 6.45) is 3.87. The first-order valence-corrected chi connectivity index (χ1v) is 4.54. The first-order valence-electron chi connectivity index (χ1n) is 4.54. The standard InChI is InChI=1S/C11H15NO2/c1-8(2)4-6-12-7-5-10(9(12)3)11(13)14/h4-5,7H,6H2,1-3H3,(H,13,14). The monoisotopic (exact) mass is 193 g/mol. The summed E-state index contributed by atoms with van der Waals surface area (Å²) < 4.78 is 1.93. The molecule has 0 saturated carbocycles. The molecular weight excluding hydrogens is 178 g/mol. The lowest BCUT2D eigenvalue weighted by molar-refractivity contribution is 0.0696. The Hall–Kier alpha value is -1.51. The van der Waals surface area contributed by atoms with E-state index < -0.39 is 5.97 Å². The van der Waals surface area contributed by atoms with Crippen molar-refractivity contribution in [2.24, 2.45) is 0 Å². The van der Waals surface area contributed by atoms with E-state index in [-0.39, 0.29) is 0 Å². The Balaban J connectivity index is 2.90. The number of allylic oxidation sites excluding steroid dienone is 2. The fraction of sp³-hybridized carbons (Fsp3) is 0.364. The van der Waals surface area contributed by atoms with Crippen LogP contribution in [-0.4, -0.2) is 15.6 Å². The van der Waals surface area contributed by atoms with Gasteiger partial charge in [0.1, 0.15) is 0 Å². The minimum Gasteiger partial charge on any atom is -0.478 e. The zero-order valence-corrected chi connectivity index (χ0v) is 8.74. The van der Waals surface area contributed by atoms with Crippen LogP contribution in [0.3, 0.4) is 0 Å². The molecule has 1 rings (SSSR count). The fourth-order valence-electron chi connectivity index (χ4n) is 1.26. The summed E-state index contributed by atoms with van der Waals surface area (Å²) in [4.78, 5) is 10.7. The second-order valence-corrected chi connectivity index (χ2v) is 3.55. The van der Waals surface area contributed by atoms with E-state index in [1.54, 1.807) is 12.3 Å². The van der Waals surface area contributed by atoms with Crippen LogP contribution in [0.5, 0.6) is 0 Å². The average molecular weight is 193 g/mol. The molecule has 76 valence electrons. The minimum absolute atomic E-state index is 0.382. The van der Waals surface area contributed by atoms with Crippen LogP contribution in [0.1, 0.15) is 29.9 Å². The van der Waals surface area contributed by atoms with Gasteiger partial charge in [-0.1, -0.05) is 11.6 Å². The highest BCUT2D eigenvalue weighted by atomic mass is 16.4. The van der Waals surface area contributed by atoms with Gasteiger partial charge in [0, 0.05) is 18.4 Å². The van der Waals surface area contributed by atoms with Gasteiger partial charge in [-0.25, -0.2) is 4.79 Å². The first-order chi connectivity index (χ1) is 6.52. The molecule has 0 bridgehead atoms. The van der Waals surface area contributed by atoms with Crippen LogP contribution >= 0.6 is 0 Å². The quantitative estimate of drug-likeness (QED) is 0.749. The van der Waals surface area contributed by atoms with Crippen LogP contribution < -0.4 is 0 Å². The van der Waals surface area contributed by atoms with E-state index >= 15 is 0 Å². The van der Waals surface area contributed by atoms with Gasteiger partial charge in [0.25, 0.3) is 0 Å². The molecule has 1 N–H and O–H groups in total. The molecule has 0 aromatic carbocycles. The van der Waals surface area contributed by atoms with E-state index in [1.165, 1.54) is 5.57 Å². The predicted molar refractivity (Wildman–Crippen MR) is 55.6 cm³/mol. The van der Waals surface area contributed by atoms with Crippen LogP contribution in [0.4, 0.5) is 0 Å². The molecule has 0 aliphatic heterocycles. The zero-order valence-electron chi connectivity index (χ0n) is 8.74. The Kier molecular flexibility index (Phi) is 3.12. The molecule has 14 heavy (non-hydrogen) atoms. The summed E-state index contributed by atoms with van der Waals surface area (Å²) in [6, 6.07) is 1.64. The molecule has 3 nitrogen and oxygen atoms in total. The minimum atomic E-state index is -0.863. The van der Waals surface area contributed by atoms with Gasteiger partial charge in [-0.05, 0) is 26.8 Å². The SMILES string of the molecule is CC(C)=CCn1ccc(C(=O)O)c1C. The number of aromatic carboxylic acids is 1. The smallest absolute Gasteiger partial charge is 0.337 e. The third-order valence-corrected chi connectivity index (χ3v) is 2.17. The van der Waals surface area contributed by atoms with Crippen LogP contribution in [0.15, 0.2) is 23.9 Å². The molecule has 0 saturated heterocycles. The van der Waals surface area contributed by atoms with E-state index in [1.807, 2.05) is 25.3 Å². The van der Waals surface area contributed by atoms with Gasteiger partial charge < -0.3 is 9.67 Å². The number of rotatable bonds is 3. The Bertz CT molecular complexity index is 371. The lowest BCUT2D eigenvalue weighted by Gasteiger charge is -2.02. The summed E-state index contributed by atoms with van der Waals surface area (Å²) in [5.41, 5.74) is 2.41. The topological polar surface area (TPSA) is 42.2 Å². The average Bonchev–Trinajstić information content (AvgIpc) is 2.43. The van der Waals surface area contributed by atoms with E-state index in [9.17, 15) is 4.79 Å². The molecule has 0 fully saturated rings. The number of nitrogens with zero attached hydrogens (tertiary/aromatic N) is 1. The molecule has 3 heteroatoms. The van der Waals surface area contributed by atoms with Gasteiger partial charge in [-0.2, -0.15) is 0 Å². The van der Waals surface area contributed by atoms with Gasteiger partial charge in [-0.3, -0.25) is 0 Å². The van der Waals surface area contributed by atoms with Gasteiger partial charge in [0.15, 0.2) is 0 Å².